The smallest absolute Gasteiger partial charge is 0.304 e. The topological polar surface area (TPSA) is 63.6 Å². The first-order valence-corrected chi connectivity index (χ1v) is 10.3. The molecule has 0 aliphatic rings. The molecule has 0 bridgehead atoms. The number of benzene rings is 1. The van der Waals surface area contributed by atoms with Crippen molar-refractivity contribution in [3.63, 3.8) is 0 Å². The van der Waals surface area contributed by atoms with Gasteiger partial charge in [0.1, 0.15) is 0 Å². The second-order valence-electron chi connectivity index (χ2n) is 4.88. The standard InChI is InChI=1S/C15H23O4PS/c1-3-19-20(2,18)10-7-11-21-14(12-15(16)17)13-8-5-4-6-9-13/h4-6,8-9,14H,3,7,10-12H2,1-2H3,(H,16,17). The van der Waals surface area contributed by atoms with Crippen LogP contribution in [0.2, 0.25) is 0 Å². The van der Waals surface area contributed by atoms with E-state index in [2.05, 4.69) is 0 Å². The van der Waals surface area contributed by atoms with Crippen LogP contribution in [0.1, 0.15) is 30.6 Å². The van der Waals surface area contributed by atoms with Crippen molar-refractivity contribution in [1.82, 2.24) is 0 Å². The Kier molecular flexibility index (Phi) is 8.09. The Hall–Kier alpha value is -0.770. The molecule has 4 nitrogen and oxygen atoms in total. The van der Waals surface area contributed by atoms with Crippen LogP contribution in [0.15, 0.2) is 30.3 Å². The summed E-state index contributed by atoms with van der Waals surface area (Å²) >= 11 is 1.60. The highest BCUT2D eigenvalue weighted by Gasteiger charge is 2.18. The van der Waals surface area contributed by atoms with E-state index in [9.17, 15) is 9.36 Å². The van der Waals surface area contributed by atoms with Gasteiger partial charge in [0, 0.05) is 18.1 Å². The molecule has 0 fully saturated rings. The number of carboxylic acid groups (broad SMARTS) is 1. The lowest BCUT2D eigenvalue weighted by molar-refractivity contribution is -0.137. The fourth-order valence-electron chi connectivity index (χ4n) is 2.01. The third-order valence-corrected chi connectivity index (χ3v) is 6.26. The second-order valence-corrected chi connectivity index (χ2v) is 8.92. The summed E-state index contributed by atoms with van der Waals surface area (Å²) in [6.07, 6.45) is 1.41. The third kappa shape index (κ3) is 7.70. The summed E-state index contributed by atoms with van der Waals surface area (Å²) in [6, 6.07) is 9.65. The molecule has 0 heterocycles. The maximum absolute atomic E-state index is 12.0. The maximum Gasteiger partial charge on any atom is 0.304 e. The molecule has 118 valence electrons. The molecule has 0 aromatic heterocycles. The van der Waals surface area contributed by atoms with E-state index < -0.39 is 13.3 Å². The molecule has 1 aromatic carbocycles. The molecule has 0 aliphatic heterocycles. The number of thioether (sulfide) groups is 1. The van der Waals surface area contributed by atoms with Crippen LogP contribution in [-0.2, 0) is 13.9 Å². The van der Waals surface area contributed by atoms with Gasteiger partial charge in [-0.3, -0.25) is 9.36 Å². The van der Waals surface area contributed by atoms with Gasteiger partial charge in [-0.25, -0.2) is 0 Å². The zero-order valence-corrected chi connectivity index (χ0v) is 14.2. The predicted molar refractivity (Wildman–Crippen MR) is 88.5 cm³/mol. The van der Waals surface area contributed by atoms with Crippen molar-refractivity contribution in [2.75, 3.05) is 25.2 Å². The first-order chi connectivity index (χ1) is 9.94. The molecule has 2 unspecified atom stereocenters. The van der Waals surface area contributed by atoms with Gasteiger partial charge >= 0.3 is 5.97 Å². The van der Waals surface area contributed by atoms with Crippen LogP contribution in [0.25, 0.3) is 0 Å². The Labute approximate surface area is 130 Å². The van der Waals surface area contributed by atoms with E-state index in [1.807, 2.05) is 37.3 Å². The lowest BCUT2D eigenvalue weighted by Gasteiger charge is -2.16. The Morgan fingerprint density at radius 2 is 2.05 bits per heavy atom. The minimum atomic E-state index is -2.48. The van der Waals surface area contributed by atoms with Crippen LogP contribution in [0.3, 0.4) is 0 Å². The molecule has 1 aromatic rings. The molecule has 6 heteroatoms. The Balaban J connectivity index is 2.48. The van der Waals surface area contributed by atoms with Crippen LogP contribution in [0, 0.1) is 0 Å². The molecule has 21 heavy (non-hydrogen) atoms. The molecule has 0 radical (unpaired) electrons. The van der Waals surface area contributed by atoms with Gasteiger partial charge in [0.25, 0.3) is 0 Å². The van der Waals surface area contributed by atoms with Crippen molar-refractivity contribution in [3.8, 4) is 0 Å². The Morgan fingerprint density at radius 3 is 2.62 bits per heavy atom. The highest BCUT2D eigenvalue weighted by Crippen LogP contribution is 2.43. The minimum Gasteiger partial charge on any atom is -0.481 e. The normalized spacial score (nSPS) is 15.3. The summed E-state index contributed by atoms with van der Waals surface area (Å²) in [4.78, 5) is 11.0. The Bertz CT molecular complexity index is 478. The highest BCUT2D eigenvalue weighted by atomic mass is 32.2. The number of aliphatic carboxylic acids is 1. The van der Waals surface area contributed by atoms with Crippen molar-refractivity contribution >= 4 is 25.1 Å². The third-order valence-electron chi connectivity index (χ3n) is 2.96. The lowest BCUT2D eigenvalue weighted by atomic mass is 10.1. The van der Waals surface area contributed by atoms with Crippen molar-refractivity contribution in [2.24, 2.45) is 0 Å². The van der Waals surface area contributed by atoms with Gasteiger partial charge in [-0.2, -0.15) is 11.8 Å². The number of hydrogen-bond acceptors (Lipinski definition) is 4. The lowest BCUT2D eigenvalue weighted by Crippen LogP contribution is -2.04. The first-order valence-electron chi connectivity index (χ1n) is 7.04. The zero-order chi connectivity index (χ0) is 15.7. The summed E-state index contributed by atoms with van der Waals surface area (Å²) in [5, 5.41) is 8.96. The summed E-state index contributed by atoms with van der Waals surface area (Å²) in [7, 11) is -2.48. The maximum atomic E-state index is 12.0. The summed E-state index contributed by atoms with van der Waals surface area (Å²) in [6.45, 7) is 3.96. The van der Waals surface area contributed by atoms with Crippen LogP contribution < -0.4 is 0 Å². The SMILES string of the molecule is CCOP(C)(=O)CCCSC(CC(=O)O)c1ccccc1. The van der Waals surface area contributed by atoms with Crippen LogP contribution in [0.5, 0.6) is 0 Å². The molecule has 1 rings (SSSR count). The molecule has 0 spiro atoms. The molecule has 0 saturated heterocycles. The van der Waals surface area contributed by atoms with Gasteiger partial charge in [-0.05, 0) is 24.7 Å². The number of rotatable bonds is 10. The average Bonchev–Trinajstić information content (AvgIpc) is 2.42. The van der Waals surface area contributed by atoms with Gasteiger partial charge in [0.2, 0.25) is 0 Å². The molecule has 1 N–H and O–H groups in total. The largest absolute Gasteiger partial charge is 0.481 e. The molecule has 0 saturated carbocycles. The van der Waals surface area contributed by atoms with Gasteiger partial charge < -0.3 is 9.63 Å². The fourth-order valence-corrected chi connectivity index (χ4v) is 4.84. The van der Waals surface area contributed by atoms with Gasteiger partial charge in [-0.15, -0.1) is 0 Å². The predicted octanol–water partition coefficient (Wildman–Crippen LogP) is 4.27. The van der Waals surface area contributed by atoms with Crippen LogP contribution in [-0.4, -0.2) is 36.3 Å². The average molecular weight is 330 g/mol. The first kappa shape index (κ1) is 18.3. The van der Waals surface area contributed by atoms with E-state index in [1.54, 1.807) is 18.4 Å². The summed E-state index contributed by atoms with van der Waals surface area (Å²) in [5.41, 5.74) is 1.02. The number of hydrogen-bond donors (Lipinski definition) is 1. The van der Waals surface area contributed by atoms with Crippen molar-refractivity contribution < 1.29 is 19.0 Å². The van der Waals surface area contributed by atoms with Crippen molar-refractivity contribution in [3.05, 3.63) is 35.9 Å². The summed E-state index contributed by atoms with van der Waals surface area (Å²) in [5.74, 6) is -0.0237. The van der Waals surface area contributed by atoms with Gasteiger partial charge in [0.15, 0.2) is 7.37 Å². The summed E-state index contributed by atoms with van der Waals surface area (Å²) < 4.78 is 17.2. The van der Waals surface area contributed by atoms with Gasteiger partial charge in [0.05, 0.1) is 13.0 Å². The monoisotopic (exact) mass is 330 g/mol. The van der Waals surface area contributed by atoms with E-state index in [4.69, 9.17) is 9.63 Å². The van der Waals surface area contributed by atoms with E-state index >= 15 is 0 Å². The van der Waals surface area contributed by atoms with Crippen molar-refractivity contribution in [1.29, 1.82) is 0 Å². The quantitative estimate of drug-likeness (QED) is 0.513. The zero-order valence-electron chi connectivity index (χ0n) is 12.5. The molecule has 0 amide bonds. The molecule has 2 atom stereocenters. The van der Waals surface area contributed by atoms with Crippen LogP contribution >= 0.6 is 19.1 Å². The van der Waals surface area contributed by atoms with Crippen molar-refractivity contribution in [2.45, 2.75) is 25.0 Å². The Morgan fingerprint density at radius 1 is 1.38 bits per heavy atom. The fraction of sp³-hybridized carbons (Fsp3) is 0.533. The van der Waals surface area contributed by atoms with E-state index in [0.717, 1.165) is 17.7 Å². The van der Waals surface area contributed by atoms with Gasteiger partial charge in [-0.1, -0.05) is 30.3 Å². The number of carbonyl (C=O) groups is 1. The van der Waals surface area contributed by atoms with E-state index in [-0.39, 0.29) is 11.7 Å². The number of carboxylic acids is 1. The molecule has 0 aliphatic carbocycles. The highest BCUT2D eigenvalue weighted by molar-refractivity contribution is 7.99. The van der Waals surface area contributed by atoms with E-state index in [0.29, 0.717) is 12.8 Å². The van der Waals surface area contributed by atoms with Crippen LogP contribution in [0.4, 0.5) is 0 Å². The second kappa shape index (κ2) is 9.29. The van der Waals surface area contributed by atoms with E-state index in [1.165, 1.54) is 0 Å². The molecular weight excluding hydrogens is 307 g/mol. The molecular formula is C15H23O4PS. The minimum absolute atomic E-state index is 0.0629.